The van der Waals surface area contributed by atoms with Crippen LogP contribution in [0, 0.1) is 5.82 Å². The van der Waals surface area contributed by atoms with Gasteiger partial charge in [0.15, 0.2) is 0 Å². The molecule has 1 aromatic rings. The summed E-state index contributed by atoms with van der Waals surface area (Å²) in [4.78, 5) is 2.07. The summed E-state index contributed by atoms with van der Waals surface area (Å²) in [5.41, 5.74) is 0.922. The van der Waals surface area contributed by atoms with E-state index in [1.165, 1.54) is 18.4 Å². The van der Waals surface area contributed by atoms with E-state index in [1.807, 2.05) is 0 Å². The van der Waals surface area contributed by atoms with Gasteiger partial charge in [0.2, 0.25) is 0 Å². The van der Waals surface area contributed by atoms with Crippen molar-refractivity contribution >= 4 is 9.84 Å². The van der Waals surface area contributed by atoms with E-state index in [1.54, 1.807) is 12.1 Å². The van der Waals surface area contributed by atoms with Gasteiger partial charge in [-0.3, -0.25) is 4.90 Å². The average molecular weight is 287 g/mol. The van der Waals surface area contributed by atoms with Crippen molar-refractivity contribution in [3.05, 3.63) is 35.6 Å². The van der Waals surface area contributed by atoms with Gasteiger partial charge in [-0.05, 0) is 17.7 Å². The predicted molar refractivity (Wildman–Crippen MR) is 71.2 cm³/mol. The van der Waals surface area contributed by atoms with Gasteiger partial charge in [0.1, 0.15) is 15.7 Å². The molecular formula is C13H18FNO3S. The molecule has 1 atom stereocenters. The molecule has 1 unspecified atom stereocenters. The van der Waals surface area contributed by atoms with Gasteiger partial charge in [0, 0.05) is 25.9 Å². The normalized spacial score (nSPS) is 21.5. The molecule has 1 aromatic carbocycles. The third-order valence-corrected chi connectivity index (χ3v) is 4.09. The lowest BCUT2D eigenvalue weighted by Gasteiger charge is -2.32. The Morgan fingerprint density at radius 1 is 1.37 bits per heavy atom. The first-order valence-corrected chi connectivity index (χ1v) is 8.27. The number of halogens is 1. The fourth-order valence-corrected chi connectivity index (χ4v) is 2.67. The fourth-order valence-electron chi connectivity index (χ4n) is 2.08. The lowest BCUT2D eigenvalue weighted by atomic mass is 10.1. The number of hydrogen-bond donors (Lipinski definition) is 0. The van der Waals surface area contributed by atoms with Crippen LogP contribution in [0.2, 0.25) is 0 Å². The molecule has 4 nitrogen and oxygen atoms in total. The number of nitrogens with zero attached hydrogens (tertiary/aromatic N) is 1. The van der Waals surface area contributed by atoms with Crippen LogP contribution < -0.4 is 0 Å². The van der Waals surface area contributed by atoms with Crippen molar-refractivity contribution in [2.75, 3.05) is 38.2 Å². The minimum atomic E-state index is -2.94. The third-order valence-electron chi connectivity index (χ3n) is 3.17. The van der Waals surface area contributed by atoms with Gasteiger partial charge in [-0.15, -0.1) is 0 Å². The van der Waals surface area contributed by atoms with Crippen LogP contribution in [0.3, 0.4) is 0 Å². The molecule has 1 heterocycles. The highest BCUT2D eigenvalue weighted by atomic mass is 32.2. The Balaban J connectivity index is 1.95. The molecule has 0 bridgehead atoms. The van der Waals surface area contributed by atoms with E-state index in [-0.39, 0.29) is 17.7 Å². The first kappa shape index (κ1) is 14.4. The molecule has 0 radical (unpaired) electrons. The molecule has 6 heteroatoms. The fraction of sp³-hybridized carbons (Fsp3) is 0.538. The molecule has 0 amide bonds. The molecule has 1 aliphatic rings. The summed E-state index contributed by atoms with van der Waals surface area (Å²) < 4.78 is 40.8. The van der Waals surface area contributed by atoms with Crippen LogP contribution in [-0.2, 0) is 14.6 Å². The van der Waals surface area contributed by atoms with Crippen LogP contribution in [0.15, 0.2) is 24.3 Å². The van der Waals surface area contributed by atoms with Crippen molar-refractivity contribution in [3.8, 4) is 0 Å². The zero-order chi connectivity index (χ0) is 13.9. The maximum atomic E-state index is 12.9. The van der Waals surface area contributed by atoms with Crippen molar-refractivity contribution in [3.63, 3.8) is 0 Å². The van der Waals surface area contributed by atoms with Crippen LogP contribution in [-0.4, -0.2) is 51.6 Å². The Morgan fingerprint density at radius 2 is 2.05 bits per heavy atom. The quantitative estimate of drug-likeness (QED) is 0.836. The van der Waals surface area contributed by atoms with Crippen molar-refractivity contribution in [1.82, 2.24) is 4.90 Å². The smallest absolute Gasteiger partial charge is 0.148 e. The van der Waals surface area contributed by atoms with E-state index >= 15 is 0 Å². The second kappa shape index (κ2) is 5.98. The van der Waals surface area contributed by atoms with Crippen molar-refractivity contribution in [1.29, 1.82) is 0 Å². The van der Waals surface area contributed by atoms with E-state index in [2.05, 4.69) is 4.90 Å². The topological polar surface area (TPSA) is 46.6 Å². The number of sulfone groups is 1. The van der Waals surface area contributed by atoms with E-state index < -0.39 is 9.84 Å². The maximum Gasteiger partial charge on any atom is 0.148 e. The Labute approximate surface area is 113 Å². The number of hydrogen-bond acceptors (Lipinski definition) is 4. The van der Waals surface area contributed by atoms with Gasteiger partial charge < -0.3 is 4.74 Å². The molecule has 1 saturated heterocycles. The Bertz CT molecular complexity index is 515. The molecule has 0 N–H and O–H groups in total. The van der Waals surface area contributed by atoms with E-state index in [9.17, 15) is 12.8 Å². The van der Waals surface area contributed by atoms with Crippen molar-refractivity contribution in [2.45, 2.75) is 6.10 Å². The molecule has 19 heavy (non-hydrogen) atoms. The summed E-state index contributed by atoms with van der Waals surface area (Å²) in [6.45, 7) is 2.44. The number of ether oxygens (including phenoxy) is 1. The summed E-state index contributed by atoms with van der Waals surface area (Å²) in [6.07, 6.45) is 1.12. The average Bonchev–Trinajstić information content (AvgIpc) is 2.37. The highest BCUT2D eigenvalue weighted by molar-refractivity contribution is 7.90. The van der Waals surface area contributed by atoms with E-state index in [0.717, 1.165) is 12.1 Å². The molecule has 0 aromatic heterocycles. The molecule has 106 valence electrons. The van der Waals surface area contributed by atoms with Crippen molar-refractivity contribution < 1.29 is 17.5 Å². The van der Waals surface area contributed by atoms with Gasteiger partial charge in [-0.1, -0.05) is 12.1 Å². The Morgan fingerprint density at radius 3 is 2.68 bits per heavy atom. The first-order chi connectivity index (χ1) is 8.94. The third kappa shape index (κ3) is 4.56. The van der Waals surface area contributed by atoms with Crippen LogP contribution in [0.25, 0.3) is 0 Å². The summed E-state index contributed by atoms with van der Waals surface area (Å²) in [5.74, 6) is -0.114. The molecular weight excluding hydrogens is 269 g/mol. The van der Waals surface area contributed by atoms with Crippen LogP contribution in [0.5, 0.6) is 0 Å². The summed E-state index contributed by atoms with van der Waals surface area (Å²) in [6, 6.07) is 6.24. The van der Waals surface area contributed by atoms with Crippen LogP contribution in [0.4, 0.5) is 4.39 Å². The largest absolute Gasteiger partial charge is 0.371 e. The minimum Gasteiger partial charge on any atom is -0.371 e. The Kier molecular flexibility index (Phi) is 4.54. The first-order valence-electron chi connectivity index (χ1n) is 6.21. The molecule has 2 rings (SSSR count). The number of rotatable bonds is 4. The SMILES string of the molecule is CS(=O)(=O)CCN1CCOC(c2ccc(F)cc2)C1. The van der Waals surface area contributed by atoms with Crippen LogP contribution >= 0.6 is 0 Å². The molecule has 0 aliphatic carbocycles. The Hall–Kier alpha value is -0.980. The molecule has 1 aliphatic heterocycles. The van der Waals surface area contributed by atoms with Crippen molar-refractivity contribution in [2.24, 2.45) is 0 Å². The standard InChI is InChI=1S/C13H18FNO3S/c1-19(16,17)9-7-15-6-8-18-13(10-15)11-2-4-12(14)5-3-11/h2-5,13H,6-10H2,1H3. The molecule has 1 fully saturated rings. The highest BCUT2D eigenvalue weighted by Gasteiger charge is 2.22. The lowest BCUT2D eigenvalue weighted by molar-refractivity contribution is -0.0279. The summed E-state index contributed by atoms with van der Waals surface area (Å²) in [7, 11) is -2.94. The maximum absolute atomic E-state index is 12.9. The zero-order valence-electron chi connectivity index (χ0n) is 10.9. The minimum absolute atomic E-state index is 0.117. The monoisotopic (exact) mass is 287 g/mol. The van der Waals surface area contributed by atoms with Crippen LogP contribution in [0.1, 0.15) is 11.7 Å². The van der Waals surface area contributed by atoms with Gasteiger partial charge in [-0.2, -0.15) is 0 Å². The van der Waals surface area contributed by atoms with E-state index in [4.69, 9.17) is 4.74 Å². The van der Waals surface area contributed by atoms with Gasteiger partial charge >= 0.3 is 0 Å². The molecule has 0 saturated carbocycles. The number of benzene rings is 1. The summed E-state index contributed by atoms with van der Waals surface area (Å²) in [5, 5.41) is 0. The zero-order valence-corrected chi connectivity index (χ0v) is 11.7. The second-order valence-electron chi connectivity index (χ2n) is 4.84. The number of morpholine rings is 1. The van der Waals surface area contributed by atoms with Gasteiger partial charge in [0.25, 0.3) is 0 Å². The predicted octanol–water partition coefficient (Wildman–Crippen LogP) is 1.24. The van der Waals surface area contributed by atoms with Gasteiger partial charge in [0.05, 0.1) is 18.5 Å². The van der Waals surface area contributed by atoms with E-state index in [0.29, 0.717) is 19.7 Å². The highest BCUT2D eigenvalue weighted by Crippen LogP contribution is 2.22. The van der Waals surface area contributed by atoms with Gasteiger partial charge in [-0.25, -0.2) is 12.8 Å². The molecule has 0 spiro atoms. The lowest BCUT2D eigenvalue weighted by Crippen LogP contribution is -2.40. The summed E-state index contributed by atoms with van der Waals surface area (Å²) >= 11 is 0. The second-order valence-corrected chi connectivity index (χ2v) is 7.10.